The van der Waals surface area contributed by atoms with Gasteiger partial charge in [-0.3, -0.25) is 4.79 Å². The van der Waals surface area contributed by atoms with Crippen molar-refractivity contribution in [1.82, 2.24) is 0 Å². The van der Waals surface area contributed by atoms with Crippen molar-refractivity contribution >= 4 is 16.8 Å². The van der Waals surface area contributed by atoms with Crippen LogP contribution in [0.5, 0.6) is 0 Å². The summed E-state index contributed by atoms with van der Waals surface area (Å²) in [6, 6.07) is 0. The van der Waals surface area contributed by atoms with Crippen molar-refractivity contribution in [2.45, 2.75) is 33.6 Å². The van der Waals surface area contributed by atoms with Gasteiger partial charge in [0.2, 0.25) is 0 Å². The van der Waals surface area contributed by atoms with Crippen LogP contribution >= 0.6 is 10.9 Å². The van der Waals surface area contributed by atoms with Gasteiger partial charge in [0, 0.05) is 5.75 Å². The van der Waals surface area contributed by atoms with Crippen molar-refractivity contribution in [1.29, 1.82) is 0 Å². The fourth-order valence-electron chi connectivity index (χ4n) is 0.752. The summed E-state index contributed by atoms with van der Waals surface area (Å²) in [6.07, 6.45) is 0.847. The topological polar surface area (TPSA) is 89.8 Å². The summed E-state index contributed by atoms with van der Waals surface area (Å²) in [6.45, 7) is 5.49. The van der Waals surface area contributed by atoms with Crippen LogP contribution in [0.15, 0.2) is 0 Å². The zero-order valence-electron chi connectivity index (χ0n) is 10.4. The monoisotopic (exact) mass is 262 g/mol. The molecule has 16 heavy (non-hydrogen) atoms. The minimum absolute atomic E-state index is 0. The number of ether oxygens (including phenoxy) is 1. The van der Waals surface area contributed by atoms with Crippen molar-refractivity contribution < 1.29 is 52.7 Å². The molecule has 92 valence electrons. The molecule has 0 aromatic heterocycles. The van der Waals surface area contributed by atoms with Gasteiger partial charge in [0.25, 0.3) is 0 Å². The second-order valence-corrected chi connectivity index (χ2v) is 5.66. The molecular weight excluding hydrogens is 243 g/mol. The van der Waals surface area contributed by atoms with Crippen molar-refractivity contribution in [2.24, 2.45) is 5.41 Å². The SMILES string of the molecule is CCC(C)(C)C(=O)OCCCS([O-])(O)O.[Na+]. The second kappa shape index (κ2) is 7.92. The smallest absolute Gasteiger partial charge is 0.773 e. The first-order valence-electron chi connectivity index (χ1n) is 4.83. The summed E-state index contributed by atoms with van der Waals surface area (Å²) >= 11 is 0. The third-order valence-corrected chi connectivity index (χ3v) is 3.04. The molecule has 0 radical (unpaired) electrons. The number of hydrogen-bond donors (Lipinski definition) is 2. The molecule has 2 N–H and O–H groups in total. The molecule has 0 amide bonds. The maximum absolute atomic E-state index is 11.4. The zero-order valence-corrected chi connectivity index (χ0v) is 13.2. The number of carbonyl (C=O) groups excluding carboxylic acids is 1. The van der Waals surface area contributed by atoms with E-state index in [0.717, 1.165) is 0 Å². The van der Waals surface area contributed by atoms with Gasteiger partial charge in [-0.2, -0.15) is 0 Å². The van der Waals surface area contributed by atoms with Crippen LogP contribution in [0.2, 0.25) is 0 Å². The Kier molecular flexibility index (Phi) is 9.43. The quantitative estimate of drug-likeness (QED) is 0.373. The molecule has 0 rings (SSSR count). The molecule has 0 saturated carbocycles. The number of rotatable bonds is 6. The van der Waals surface area contributed by atoms with E-state index in [0.29, 0.717) is 6.42 Å². The summed E-state index contributed by atoms with van der Waals surface area (Å²) < 4.78 is 32.4. The van der Waals surface area contributed by atoms with Gasteiger partial charge in [0.05, 0.1) is 12.0 Å². The van der Waals surface area contributed by atoms with Crippen LogP contribution in [0, 0.1) is 5.41 Å². The first-order chi connectivity index (χ1) is 6.69. The van der Waals surface area contributed by atoms with E-state index in [4.69, 9.17) is 13.8 Å². The molecular formula is C9H19NaO5S. The van der Waals surface area contributed by atoms with Gasteiger partial charge in [-0.1, -0.05) is 6.92 Å². The molecule has 0 unspecified atom stereocenters. The van der Waals surface area contributed by atoms with Crippen molar-refractivity contribution in [2.75, 3.05) is 12.4 Å². The average molecular weight is 262 g/mol. The van der Waals surface area contributed by atoms with Gasteiger partial charge < -0.3 is 18.4 Å². The van der Waals surface area contributed by atoms with E-state index in [9.17, 15) is 9.35 Å². The standard InChI is InChI=1S/C9H20O5S.Na/c1-4-9(2,3)8(10)14-6-5-7-15(11,12)13;/h11-13H,4-7H2,1-3H3;/q;+1/p-1. The maximum Gasteiger partial charge on any atom is 1.00 e. The van der Waals surface area contributed by atoms with Gasteiger partial charge in [0.15, 0.2) is 0 Å². The first kappa shape index (κ1) is 19.0. The van der Waals surface area contributed by atoms with E-state index in [-0.39, 0.29) is 54.3 Å². The van der Waals surface area contributed by atoms with Crippen LogP contribution in [0.25, 0.3) is 0 Å². The molecule has 0 spiro atoms. The van der Waals surface area contributed by atoms with Crippen LogP contribution in [-0.2, 0) is 9.53 Å². The van der Waals surface area contributed by atoms with Crippen molar-refractivity contribution in [3.05, 3.63) is 0 Å². The third-order valence-electron chi connectivity index (χ3n) is 2.22. The number of hydrogen-bond acceptors (Lipinski definition) is 5. The molecule has 0 heterocycles. The Morgan fingerprint density at radius 2 is 1.94 bits per heavy atom. The molecule has 5 nitrogen and oxygen atoms in total. The summed E-state index contributed by atoms with van der Waals surface area (Å²) in [5, 5.41) is 0. The molecule has 0 aliphatic carbocycles. The summed E-state index contributed by atoms with van der Waals surface area (Å²) in [5.74, 6) is -0.597. The van der Waals surface area contributed by atoms with Crippen molar-refractivity contribution in [3.8, 4) is 0 Å². The first-order valence-corrected chi connectivity index (χ1v) is 6.47. The van der Waals surface area contributed by atoms with Crippen LogP contribution in [0.3, 0.4) is 0 Å². The van der Waals surface area contributed by atoms with Crippen LogP contribution in [0.1, 0.15) is 33.6 Å². The van der Waals surface area contributed by atoms with E-state index in [1.807, 2.05) is 6.92 Å². The largest absolute Gasteiger partial charge is 1.00 e. The Balaban J connectivity index is 0. The Hall–Kier alpha value is 0.700. The van der Waals surface area contributed by atoms with Crippen LogP contribution in [0.4, 0.5) is 0 Å². The van der Waals surface area contributed by atoms with Gasteiger partial charge in [-0.25, -0.2) is 0 Å². The summed E-state index contributed by atoms with van der Waals surface area (Å²) in [4.78, 5) is 11.4. The molecule has 0 fully saturated rings. The van der Waals surface area contributed by atoms with Crippen LogP contribution < -0.4 is 29.6 Å². The number of esters is 1. The predicted molar refractivity (Wildman–Crippen MR) is 58.1 cm³/mol. The Bertz CT molecular complexity index is 214. The number of carbonyl (C=O) groups is 1. The average Bonchev–Trinajstić information content (AvgIpc) is 2.10. The fraction of sp³-hybridized carbons (Fsp3) is 0.889. The Labute approximate surface area is 120 Å². The molecule has 0 aromatic rings. The second-order valence-electron chi connectivity index (χ2n) is 4.04. The zero-order chi connectivity index (χ0) is 12.1. The normalized spacial score (nSPS) is 12.9. The Morgan fingerprint density at radius 3 is 2.31 bits per heavy atom. The minimum atomic E-state index is -3.70. The summed E-state index contributed by atoms with van der Waals surface area (Å²) in [7, 11) is -3.70. The van der Waals surface area contributed by atoms with E-state index in [1.165, 1.54) is 0 Å². The van der Waals surface area contributed by atoms with E-state index < -0.39 is 16.3 Å². The third kappa shape index (κ3) is 8.81. The molecule has 0 aliphatic heterocycles. The minimum Gasteiger partial charge on any atom is -0.773 e. The summed E-state index contributed by atoms with van der Waals surface area (Å²) in [5.41, 5.74) is -0.528. The van der Waals surface area contributed by atoms with Crippen molar-refractivity contribution in [3.63, 3.8) is 0 Å². The fourth-order valence-corrected chi connectivity index (χ4v) is 1.25. The maximum atomic E-state index is 11.4. The Morgan fingerprint density at radius 1 is 1.44 bits per heavy atom. The van der Waals surface area contributed by atoms with Gasteiger partial charge in [0.1, 0.15) is 0 Å². The molecule has 0 atom stereocenters. The molecule has 0 bridgehead atoms. The van der Waals surface area contributed by atoms with E-state index in [1.54, 1.807) is 13.8 Å². The van der Waals surface area contributed by atoms with Gasteiger partial charge >= 0.3 is 35.5 Å². The molecule has 0 saturated heterocycles. The van der Waals surface area contributed by atoms with E-state index >= 15 is 0 Å². The van der Waals surface area contributed by atoms with Gasteiger partial charge in [-0.05, 0) is 26.7 Å². The molecule has 0 aliphatic rings. The molecule has 7 heteroatoms. The molecule has 0 aromatic carbocycles. The van der Waals surface area contributed by atoms with Gasteiger partial charge in [-0.15, -0.1) is 10.9 Å². The predicted octanol–water partition coefficient (Wildman–Crippen LogP) is -0.759. The van der Waals surface area contributed by atoms with Crippen LogP contribution in [-0.4, -0.2) is 32.0 Å². The van der Waals surface area contributed by atoms with E-state index in [2.05, 4.69) is 0 Å².